The molecule has 4 nitrogen and oxygen atoms in total. The molecule has 0 saturated carbocycles. The highest BCUT2D eigenvalue weighted by molar-refractivity contribution is 7.26. The van der Waals surface area contributed by atoms with Gasteiger partial charge in [0.05, 0.1) is 11.4 Å². The Hall–Kier alpha value is -6.43. The number of nitrogens with zero attached hydrogens (tertiary/aromatic N) is 3. The van der Waals surface area contributed by atoms with Gasteiger partial charge in [-0.3, -0.25) is 4.98 Å². The molecule has 0 atom stereocenters. The van der Waals surface area contributed by atoms with Crippen LogP contribution in [0.25, 0.3) is 98.3 Å². The van der Waals surface area contributed by atoms with Gasteiger partial charge in [0.1, 0.15) is 11.2 Å². The average molecular weight is 658 g/mol. The first-order valence-corrected chi connectivity index (χ1v) is 17.4. The second-order valence-corrected chi connectivity index (χ2v) is 13.4. The summed E-state index contributed by atoms with van der Waals surface area (Å²) in [5.41, 5.74) is 10.7. The fourth-order valence-corrected chi connectivity index (χ4v) is 8.29. The van der Waals surface area contributed by atoms with Crippen molar-refractivity contribution >= 4 is 53.4 Å². The lowest BCUT2D eigenvalue weighted by atomic mass is 9.94. The van der Waals surface area contributed by atoms with E-state index in [0.717, 1.165) is 66.7 Å². The van der Waals surface area contributed by atoms with Crippen LogP contribution in [-0.4, -0.2) is 15.0 Å². The largest absolute Gasteiger partial charge is 0.455 e. The fraction of sp³-hybridized carbons (Fsp3) is 0. The molecule has 0 spiro atoms. The number of fused-ring (bicyclic) bond motifs is 6. The molecule has 0 aliphatic heterocycles. The van der Waals surface area contributed by atoms with Crippen LogP contribution in [0.2, 0.25) is 0 Å². The quantitative estimate of drug-likeness (QED) is 0.185. The average Bonchev–Trinajstić information content (AvgIpc) is 3.77. The summed E-state index contributed by atoms with van der Waals surface area (Å²) in [7, 11) is 0. The molecule has 0 amide bonds. The Morgan fingerprint density at radius 1 is 0.480 bits per heavy atom. The zero-order valence-corrected chi connectivity index (χ0v) is 27.6. The molecule has 4 heterocycles. The first kappa shape index (κ1) is 28.6. The van der Waals surface area contributed by atoms with Crippen molar-refractivity contribution in [3.05, 3.63) is 164 Å². The minimum Gasteiger partial charge on any atom is -0.455 e. The molecule has 0 aliphatic rings. The van der Waals surface area contributed by atoms with Crippen LogP contribution in [0.1, 0.15) is 0 Å². The van der Waals surface area contributed by atoms with Gasteiger partial charge in [-0.05, 0) is 47.5 Å². The smallest absolute Gasteiger partial charge is 0.160 e. The Morgan fingerprint density at radius 2 is 1.20 bits per heavy atom. The summed E-state index contributed by atoms with van der Waals surface area (Å²) in [5.74, 6) is 0.660. The lowest BCUT2D eigenvalue weighted by Gasteiger charge is -2.12. The number of hydrogen-bond donors (Lipinski definition) is 0. The Balaban J connectivity index is 1.22. The van der Waals surface area contributed by atoms with E-state index in [2.05, 4.69) is 120 Å². The van der Waals surface area contributed by atoms with Crippen molar-refractivity contribution in [2.24, 2.45) is 0 Å². The van der Waals surface area contributed by atoms with E-state index in [-0.39, 0.29) is 0 Å². The highest BCUT2D eigenvalue weighted by Gasteiger charge is 2.21. The van der Waals surface area contributed by atoms with Gasteiger partial charge in [0, 0.05) is 71.2 Å². The first-order valence-electron chi connectivity index (χ1n) is 16.6. The van der Waals surface area contributed by atoms with Gasteiger partial charge < -0.3 is 4.42 Å². The number of hydrogen-bond acceptors (Lipinski definition) is 5. The third-order valence-corrected chi connectivity index (χ3v) is 10.6. The second-order valence-electron chi connectivity index (χ2n) is 12.4. The normalized spacial score (nSPS) is 11.6. The van der Waals surface area contributed by atoms with Crippen LogP contribution >= 0.6 is 11.3 Å². The SMILES string of the molecule is c1ccc(-c2nc(-c3cccc(-c4cccnc4)c3)cc(-c3ccc(-c4cccc5c4sc4ccccc45)c4c3oc3ccccc34)n2)cc1. The molecule has 50 heavy (non-hydrogen) atoms. The van der Waals surface area contributed by atoms with Crippen LogP contribution in [0.5, 0.6) is 0 Å². The lowest BCUT2D eigenvalue weighted by molar-refractivity contribution is 0.670. The van der Waals surface area contributed by atoms with E-state index in [1.165, 1.54) is 25.7 Å². The van der Waals surface area contributed by atoms with E-state index in [0.29, 0.717) is 5.82 Å². The van der Waals surface area contributed by atoms with Gasteiger partial charge in [-0.15, -0.1) is 11.3 Å². The van der Waals surface area contributed by atoms with Crippen LogP contribution in [-0.2, 0) is 0 Å². The minimum absolute atomic E-state index is 0.660. The number of para-hydroxylation sites is 1. The Bertz CT molecular complexity index is 2870. The van der Waals surface area contributed by atoms with Crippen molar-refractivity contribution in [2.75, 3.05) is 0 Å². The molecule has 0 N–H and O–H groups in total. The molecule has 0 saturated heterocycles. The summed E-state index contributed by atoms with van der Waals surface area (Å²) in [5, 5.41) is 4.73. The van der Waals surface area contributed by atoms with Crippen molar-refractivity contribution in [1.82, 2.24) is 15.0 Å². The Kier molecular flexibility index (Phi) is 6.64. The van der Waals surface area contributed by atoms with E-state index >= 15 is 0 Å². The summed E-state index contributed by atoms with van der Waals surface area (Å²) >= 11 is 1.84. The van der Waals surface area contributed by atoms with Crippen molar-refractivity contribution in [3.63, 3.8) is 0 Å². The molecule has 10 rings (SSSR count). The van der Waals surface area contributed by atoms with Crippen molar-refractivity contribution < 1.29 is 4.42 Å². The summed E-state index contributed by atoms with van der Waals surface area (Å²) in [6.07, 6.45) is 3.68. The summed E-state index contributed by atoms with van der Waals surface area (Å²) in [6, 6.07) is 52.8. The molecule has 0 radical (unpaired) electrons. The second kappa shape index (κ2) is 11.6. The zero-order valence-electron chi connectivity index (χ0n) is 26.7. The number of pyridine rings is 1. The predicted octanol–water partition coefficient (Wildman–Crippen LogP) is 12.5. The molecule has 0 aliphatic carbocycles. The van der Waals surface area contributed by atoms with E-state index in [1.54, 1.807) is 6.20 Å². The minimum atomic E-state index is 0.660. The molecule has 6 aromatic carbocycles. The molecule has 5 heteroatoms. The summed E-state index contributed by atoms with van der Waals surface area (Å²) in [6.45, 7) is 0. The number of rotatable bonds is 5. The van der Waals surface area contributed by atoms with Gasteiger partial charge in [0.2, 0.25) is 0 Å². The fourth-order valence-electron chi connectivity index (χ4n) is 7.05. The van der Waals surface area contributed by atoms with E-state index in [1.807, 2.05) is 53.9 Å². The molecular weight excluding hydrogens is 631 g/mol. The third kappa shape index (κ3) is 4.71. The number of thiophene rings is 1. The maximum atomic E-state index is 6.78. The van der Waals surface area contributed by atoms with Crippen molar-refractivity contribution in [3.8, 4) is 56.2 Å². The van der Waals surface area contributed by atoms with Gasteiger partial charge >= 0.3 is 0 Å². The maximum Gasteiger partial charge on any atom is 0.160 e. The lowest BCUT2D eigenvalue weighted by Crippen LogP contribution is -1.96. The van der Waals surface area contributed by atoms with Crippen LogP contribution in [0.15, 0.2) is 168 Å². The summed E-state index contributed by atoms with van der Waals surface area (Å²) in [4.78, 5) is 14.7. The van der Waals surface area contributed by atoms with E-state index in [9.17, 15) is 0 Å². The zero-order chi connectivity index (χ0) is 33.0. The van der Waals surface area contributed by atoms with Crippen LogP contribution in [0.3, 0.4) is 0 Å². The predicted molar refractivity (Wildman–Crippen MR) is 207 cm³/mol. The topological polar surface area (TPSA) is 51.8 Å². The van der Waals surface area contributed by atoms with Crippen LogP contribution in [0, 0.1) is 0 Å². The molecule has 0 bridgehead atoms. The van der Waals surface area contributed by atoms with E-state index < -0.39 is 0 Å². The van der Waals surface area contributed by atoms with Gasteiger partial charge in [0.15, 0.2) is 5.82 Å². The van der Waals surface area contributed by atoms with Crippen LogP contribution in [0.4, 0.5) is 0 Å². The first-order chi connectivity index (χ1) is 24.8. The molecule has 0 unspecified atom stereocenters. The van der Waals surface area contributed by atoms with Crippen LogP contribution < -0.4 is 0 Å². The molecular formula is C45H27N3OS. The summed E-state index contributed by atoms with van der Waals surface area (Å²) < 4.78 is 9.34. The van der Waals surface area contributed by atoms with Gasteiger partial charge in [-0.1, -0.05) is 115 Å². The molecule has 10 aromatic rings. The molecule has 234 valence electrons. The van der Waals surface area contributed by atoms with Gasteiger partial charge in [0.25, 0.3) is 0 Å². The number of furan rings is 1. The third-order valence-electron chi connectivity index (χ3n) is 9.41. The standard InChI is InChI=1S/C45H27N3OS/c1-2-11-28(12-3-1)45-47-38(30-14-8-13-29(25-30)31-15-10-24-46-27-31)26-39(48-45)36-23-22-33(42-37-17-4-6-20-40(37)49-43(36)42)35-19-9-18-34-32-16-5-7-21-41(32)50-44(34)35/h1-27H. The Morgan fingerprint density at radius 3 is 2.10 bits per heavy atom. The van der Waals surface area contributed by atoms with Crippen molar-refractivity contribution in [2.45, 2.75) is 0 Å². The number of aromatic nitrogens is 3. The van der Waals surface area contributed by atoms with Gasteiger partial charge in [-0.25, -0.2) is 9.97 Å². The molecule has 0 fully saturated rings. The molecule has 4 aromatic heterocycles. The van der Waals surface area contributed by atoms with E-state index in [4.69, 9.17) is 14.4 Å². The van der Waals surface area contributed by atoms with Gasteiger partial charge in [-0.2, -0.15) is 0 Å². The number of benzene rings is 6. The highest BCUT2D eigenvalue weighted by atomic mass is 32.1. The Labute approximate surface area is 292 Å². The van der Waals surface area contributed by atoms with Crippen molar-refractivity contribution in [1.29, 1.82) is 0 Å². The highest BCUT2D eigenvalue weighted by Crippen LogP contribution is 2.46. The monoisotopic (exact) mass is 657 g/mol. The maximum absolute atomic E-state index is 6.78.